The lowest BCUT2D eigenvalue weighted by molar-refractivity contribution is -0.153. The Morgan fingerprint density at radius 1 is 1.53 bits per heavy atom. The molecular weight excluding hydrogens is 236 g/mol. The second-order valence-corrected chi connectivity index (χ2v) is 6.09. The van der Waals surface area contributed by atoms with Crippen molar-refractivity contribution in [3.63, 3.8) is 0 Å². The minimum absolute atomic E-state index is 0.237. The second kappa shape index (κ2) is 5.40. The van der Waals surface area contributed by atoms with E-state index in [1.165, 1.54) is 11.8 Å². The summed E-state index contributed by atoms with van der Waals surface area (Å²) in [6.45, 7) is 7.36. The minimum Gasteiger partial charge on any atom is -0.459 e. The van der Waals surface area contributed by atoms with Gasteiger partial charge in [0, 0.05) is 11.1 Å². The average molecular weight is 254 g/mol. The Hall–Kier alpha value is -1.23. The van der Waals surface area contributed by atoms with Crippen molar-refractivity contribution in [1.29, 1.82) is 0 Å². The molecule has 0 saturated carbocycles. The third-order valence-electron chi connectivity index (χ3n) is 1.85. The molecule has 5 heteroatoms. The number of nitrogens with two attached hydrogens (primary N) is 1. The number of carbonyl (C=O) groups is 1. The van der Waals surface area contributed by atoms with Crippen LogP contribution in [0.2, 0.25) is 0 Å². The van der Waals surface area contributed by atoms with E-state index >= 15 is 0 Å². The monoisotopic (exact) mass is 254 g/mol. The van der Waals surface area contributed by atoms with Crippen LogP contribution in [0.1, 0.15) is 27.7 Å². The molecule has 94 valence electrons. The molecule has 0 spiro atoms. The van der Waals surface area contributed by atoms with Gasteiger partial charge in [0.05, 0.1) is 11.9 Å². The highest BCUT2D eigenvalue weighted by atomic mass is 32.2. The van der Waals surface area contributed by atoms with Crippen LogP contribution >= 0.6 is 11.8 Å². The smallest absolute Gasteiger partial charge is 0.319 e. The number of thioether (sulfide) groups is 1. The predicted octanol–water partition coefficient (Wildman–Crippen LogP) is 2.49. The summed E-state index contributed by atoms with van der Waals surface area (Å²) in [6, 6.07) is 1.79. The van der Waals surface area contributed by atoms with Gasteiger partial charge >= 0.3 is 5.97 Å². The van der Waals surface area contributed by atoms with Crippen LogP contribution in [0, 0.1) is 0 Å². The van der Waals surface area contributed by atoms with Crippen molar-refractivity contribution >= 4 is 23.4 Å². The lowest BCUT2D eigenvalue weighted by atomic mass is 10.2. The molecule has 1 aromatic rings. The van der Waals surface area contributed by atoms with Gasteiger partial charge in [0.15, 0.2) is 0 Å². The van der Waals surface area contributed by atoms with E-state index in [2.05, 4.69) is 4.98 Å². The summed E-state index contributed by atoms with van der Waals surface area (Å²) in [5, 5.41) is -0.293. The summed E-state index contributed by atoms with van der Waals surface area (Å²) in [6.07, 6.45) is 3.23. The number of esters is 1. The fourth-order valence-electron chi connectivity index (χ4n) is 1.12. The summed E-state index contributed by atoms with van der Waals surface area (Å²) in [5.74, 6) is -0.237. The zero-order chi connectivity index (χ0) is 13.1. The van der Waals surface area contributed by atoms with Crippen LogP contribution in [-0.2, 0) is 9.53 Å². The van der Waals surface area contributed by atoms with Crippen molar-refractivity contribution in [2.24, 2.45) is 0 Å². The van der Waals surface area contributed by atoms with Crippen LogP contribution in [0.3, 0.4) is 0 Å². The highest BCUT2D eigenvalue weighted by Crippen LogP contribution is 2.29. The number of hydrogen-bond donors (Lipinski definition) is 1. The Kier molecular flexibility index (Phi) is 4.40. The first kappa shape index (κ1) is 13.8. The molecule has 1 rings (SSSR count). The first-order chi connectivity index (χ1) is 7.79. The lowest BCUT2D eigenvalue weighted by Gasteiger charge is -2.22. The van der Waals surface area contributed by atoms with Gasteiger partial charge in [-0.25, -0.2) is 0 Å². The topological polar surface area (TPSA) is 65.2 Å². The van der Waals surface area contributed by atoms with E-state index in [4.69, 9.17) is 10.5 Å². The molecule has 0 saturated heterocycles. The molecule has 0 bridgehead atoms. The van der Waals surface area contributed by atoms with E-state index in [1.54, 1.807) is 25.4 Å². The Morgan fingerprint density at radius 2 is 2.18 bits per heavy atom. The maximum absolute atomic E-state index is 11.8. The van der Waals surface area contributed by atoms with Crippen molar-refractivity contribution in [2.75, 3.05) is 5.73 Å². The zero-order valence-electron chi connectivity index (χ0n) is 10.6. The van der Waals surface area contributed by atoms with Crippen LogP contribution in [0.15, 0.2) is 23.4 Å². The number of nitrogen functional groups attached to an aromatic ring is 1. The molecule has 0 aliphatic carbocycles. The van der Waals surface area contributed by atoms with E-state index in [0.717, 1.165) is 4.90 Å². The van der Waals surface area contributed by atoms with Gasteiger partial charge < -0.3 is 10.5 Å². The molecule has 1 aromatic heterocycles. The number of nitrogens with zero attached hydrogens (tertiary/aromatic N) is 1. The predicted molar refractivity (Wildman–Crippen MR) is 69.8 cm³/mol. The first-order valence-corrected chi connectivity index (χ1v) is 6.26. The number of ether oxygens (including phenoxy) is 1. The van der Waals surface area contributed by atoms with Crippen molar-refractivity contribution in [2.45, 2.75) is 43.4 Å². The van der Waals surface area contributed by atoms with Gasteiger partial charge in [0.2, 0.25) is 0 Å². The van der Waals surface area contributed by atoms with Gasteiger partial charge in [-0.1, -0.05) is 0 Å². The molecule has 4 nitrogen and oxygen atoms in total. The highest BCUT2D eigenvalue weighted by Gasteiger charge is 2.22. The molecule has 1 unspecified atom stereocenters. The summed E-state index contributed by atoms with van der Waals surface area (Å²) in [4.78, 5) is 16.5. The number of hydrogen-bond acceptors (Lipinski definition) is 5. The molecule has 2 N–H and O–H groups in total. The number of carbonyl (C=O) groups excluding carboxylic acids is 1. The number of pyridine rings is 1. The van der Waals surface area contributed by atoms with E-state index < -0.39 is 5.60 Å². The van der Waals surface area contributed by atoms with Gasteiger partial charge in [-0.05, 0) is 33.8 Å². The average Bonchev–Trinajstić information content (AvgIpc) is 2.18. The van der Waals surface area contributed by atoms with Gasteiger partial charge in [0.1, 0.15) is 10.9 Å². The van der Waals surface area contributed by atoms with E-state index in [0.29, 0.717) is 5.69 Å². The molecule has 0 fully saturated rings. The first-order valence-electron chi connectivity index (χ1n) is 5.38. The summed E-state index contributed by atoms with van der Waals surface area (Å²) < 4.78 is 5.30. The molecule has 0 radical (unpaired) electrons. The van der Waals surface area contributed by atoms with Crippen molar-refractivity contribution in [1.82, 2.24) is 4.98 Å². The maximum Gasteiger partial charge on any atom is 0.319 e. The van der Waals surface area contributed by atoms with Crippen LogP contribution < -0.4 is 5.73 Å². The maximum atomic E-state index is 11.8. The zero-order valence-corrected chi connectivity index (χ0v) is 11.4. The standard InChI is InChI=1S/C12H18N2O2S/c1-8(11(15)16-12(2,3)4)17-10-5-6-14-7-9(10)13/h5-8H,13H2,1-4H3. The van der Waals surface area contributed by atoms with Gasteiger partial charge in [-0.2, -0.15) is 0 Å². The fraction of sp³-hybridized carbons (Fsp3) is 0.500. The molecule has 17 heavy (non-hydrogen) atoms. The number of aromatic nitrogens is 1. The van der Waals surface area contributed by atoms with Crippen molar-refractivity contribution in [3.05, 3.63) is 18.5 Å². The summed E-state index contributed by atoms with van der Waals surface area (Å²) in [5.41, 5.74) is 5.87. The summed E-state index contributed by atoms with van der Waals surface area (Å²) >= 11 is 1.38. The lowest BCUT2D eigenvalue weighted by Crippen LogP contribution is -2.28. The molecule has 1 atom stereocenters. The second-order valence-electron chi connectivity index (χ2n) is 4.71. The highest BCUT2D eigenvalue weighted by molar-refractivity contribution is 8.00. The van der Waals surface area contributed by atoms with Gasteiger partial charge in [0.25, 0.3) is 0 Å². The molecule has 0 aromatic carbocycles. The third kappa shape index (κ3) is 4.65. The molecule has 0 aliphatic heterocycles. The van der Waals surface area contributed by atoms with Crippen LogP contribution in [0.25, 0.3) is 0 Å². The van der Waals surface area contributed by atoms with Crippen LogP contribution in [0.4, 0.5) is 5.69 Å². The van der Waals surface area contributed by atoms with E-state index in [-0.39, 0.29) is 11.2 Å². The Labute approximate surface area is 106 Å². The van der Waals surface area contributed by atoms with Crippen LogP contribution in [0.5, 0.6) is 0 Å². The molecule has 0 aliphatic rings. The molecule has 1 heterocycles. The SMILES string of the molecule is CC(Sc1ccncc1N)C(=O)OC(C)(C)C. The largest absolute Gasteiger partial charge is 0.459 e. The third-order valence-corrected chi connectivity index (χ3v) is 3.02. The van der Waals surface area contributed by atoms with E-state index in [9.17, 15) is 4.79 Å². The van der Waals surface area contributed by atoms with Gasteiger partial charge in [-0.15, -0.1) is 11.8 Å². The van der Waals surface area contributed by atoms with Gasteiger partial charge in [-0.3, -0.25) is 9.78 Å². The summed E-state index contributed by atoms with van der Waals surface area (Å²) in [7, 11) is 0. The van der Waals surface area contributed by atoms with Crippen molar-refractivity contribution in [3.8, 4) is 0 Å². The normalized spacial score (nSPS) is 13.2. The Bertz CT molecular complexity index is 402. The Morgan fingerprint density at radius 3 is 2.71 bits per heavy atom. The molecular formula is C12H18N2O2S. The van der Waals surface area contributed by atoms with Crippen molar-refractivity contribution < 1.29 is 9.53 Å². The minimum atomic E-state index is -0.463. The van der Waals surface area contributed by atoms with Crippen LogP contribution in [-0.4, -0.2) is 21.8 Å². The Balaban J connectivity index is 2.64. The number of anilines is 1. The fourth-order valence-corrected chi connectivity index (χ4v) is 1.98. The van der Waals surface area contributed by atoms with E-state index in [1.807, 2.05) is 20.8 Å². The quantitative estimate of drug-likeness (QED) is 0.663. The molecule has 0 amide bonds. The number of rotatable bonds is 3.